The van der Waals surface area contributed by atoms with E-state index in [2.05, 4.69) is 15.4 Å². The molecule has 0 bridgehead atoms. The van der Waals surface area contributed by atoms with E-state index in [1.165, 1.54) is 30.2 Å². The van der Waals surface area contributed by atoms with E-state index in [9.17, 15) is 4.79 Å². The number of nitriles is 1. The molecule has 4 nitrogen and oxygen atoms in total. The van der Waals surface area contributed by atoms with Gasteiger partial charge in [-0.3, -0.25) is 4.79 Å². The zero-order chi connectivity index (χ0) is 13.8. The van der Waals surface area contributed by atoms with Crippen LogP contribution in [0.25, 0.3) is 0 Å². The molecule has 0 amide bonds. The smallest absolute Gasteiger partial charge is 0.174 e. The highest BCUT2D eigenvalue weighted by Gasteiger charge is 2.12. The largest absolute Gasteiger partial charge is 0.294 e. The normalized spacial score (nSPS) is 10.2. The third-order valence-electron chi connectivity index (χ3n) is 2.45. The van der Waals surface area contributed by atoms with Gasteiger partial charge >= 0.3 is 0 Å². The number of nitrogens with zero attached hydrogens (tertiary/aromatic N) is 3. The van der Waals surface area contributed by atoms with Gasteiger partial charge in [-0.2, -0.15) is 9.64 Å². The summed E-state index contributed by atoms with van der Waals surface area (Å²) in [5.41, 5.74) is 1.14. The van der Waals surface area contributed by atoms with E-state index in [0.717, 1.165) is 21.5 Å². The van der Waals surface area contributed by atoms with Gasteiger partial charge in [-0.25, -0.2) is 4.98 Å². The average molecular weight is 289 g/mol. The Morgan fingerprint density at radius 1 is 1.53 bits per heavy atom. The summed E-state index contributed by atoms with van der Waals surface area (Å²) in [5, 5.41) is 8.93. The van der Waals surface area contributed by atoms with Gasteiger partial charge in [0.1, 0.15) is 5.82 Å². The lowest BCUT2D eigenvalue weighted by atomic mass is 10.1. The molecule has 0 aliphatic carbocycles. The van der Waals surface area contributed by atoms with Crippen LogP contribution in [-0.4, -0.2) is 15.1 Å². The predicted molar refractivity (Wildman–Crippen MR) is 74.6 cm³/mol. The summed E-state index contributed by atoms with van der Waals surface area (Å²) in [6.07, 6.45) is 0.787. The van der Waals surface area contributed by atoms with Gasteiger partial charge < -0.3 is 0 Å². The maximum absolute atomic E-state index is 11.6. The third kappa shape index (κ3) is 3.19. The van der Waals surface area contributed by atoms with E-state index < -0.39 is 0 Å². The van der Waals surface area contributed by atoms with E-state index in [0.29, 0.717) is 11.1 Å². The molecule has 0 aliphatic rings. The van der Waals surface area contributed by atoms with Crippen molar-refractivity contribution in [3.05, 3.63) is 35.2 Å². The minimum absolute atomic E-state index is 0.0211. The molecule has 96 valence electrons. The van der Waals surface area contributed by atoms with Gasteiger partial charge in [-0.05, 0) is 36.7 Å². The molecule has 0 atom stereocenters. The third-order valence-corrected chi connectivity index (χ3v) is 4.30. The molecule has 0 fully saturated rings. The molecule has 1 aromatic heterocycles. The van der Waals surface area contributed by atoms with Crippen LogP contribution < -0.4 is 0 Å². The lowest BCUT2D eigenvalue weighted by Crippen LogP contribution is -1.95. The zero-order valence-electron chi connectivity index (χ0n) is 10.5. The Kier molecular flexibility index (Phi) is 4.30. The van der Waals surface area contributed by atoms with Crippen LogP contribution in [0.1, 0.15) is 35.6 Å². The second-order valence-corrected chi connectivity index (χ2v) is 5.85. The highest BCUT2D eigenvalue weighted by molar-refractivity contribution is 8.01. The standard InChI is InChI=1S/C13H11N3OS2/c1-3-12-15-13(19-16-12)18-11-6-9(7-14)4-5-10(11)8(2)17/h4-6H,3H2,1-2H3. The van der Waals surface area contributed by atoms with Gasteiger partial charge in [0.2, 0.25) is 0 Å². The quantitative estimate of drug-likeness (QED) is 0.808. The monoisotopic (exact) mass is 289 g/mol. The Morgan fingerprint density at radius 2 is 2.32 bits per heavy atom. The fourth-order valence-electron chi connectivity index (χ4n) is 1.48. The van der Waals surface area contributed by atoms with Crippen molar-refractivity contribution in [3.8, 4) is 6.07 Å². The number of aromatic nitrogens is 2. The molecule has 6 heteroatoms. The van der Waals surface area contributed by atoms with Crippen LogP contribution in [0.15, 0.2) is 27.4 Å². The van der Waals surface area contributed by atoms with Gasteiger partial charge in [0.15, 0.2) is 10.1 Å². The molecule has 0 saturated carbocycles. The number of hydrogen-bond acceptors (Lipinski definition) is 6. The van der Waals surface area contributed by atoms with E-state index in [1.807, 2.05) is 6.92 Å². The number of ketones is 1. The average Bonchev–Trinajstić information content (AvgIpc) is 2.86. The fourth-order valence-corrected chi connectivity index (χ4v) is 3.36. The molecule has 0 N–H and O–H groups in total. The fraction of sp³-hybridized carbons (Fsp3) is 0.231. The van der Waals surface area contributed by atoms with Crippen molar-refractivity contribution in [2.24, 2.45) is 0 Å². The Hall–Kier alpha value is -1.71. The Morgan fingerprint density at radius 3 is 2.89 bits per heavy atom. The van der Waals surface area contributed by atoms with Crippen molar-refractivity contribution in [2.75, 3.05) is 0 Å². The van der Waals surface area contributed by atoms with Crippen molar-refractivity contribution < 1.29 is 4.79 Å². The SMILES string of the molecule is CCc1nsc(Sc2cc(C#N)ccc2C(C)=O)n1. The van der Waals surface area contributed by atoms with Crippen LogP contribution in [0, 0.1) is 11.3 Å². The second-order valence-electron chi connectivity index (χ2n) is 3.81. The first kappa shape index (κ1) is 13.7. The summed E-state index contributed by atoms with van der Waals surface area (Å²) in [5.74, 6) is 0.778. The first-order valence-corrected chi connectivity index (χ1v) is 7.28. The van der Waals surface area contributed by atoms with Crippen molar-refractivity contribution in [1.29, 1.82) is 5.26 Å². The number of rotatable bonds is 4. The molecule has 0 spiro atoms. The van der Waals surface area contributed by atoms with Crippen molar-refractivity contribution in [3.63, 3.8) is 0 Å². The molecule has 0 unspecified atom stereocenters. The summed E-state index contributed by atoms with van der Waals surface area (Å²) in [6, 6.07) is 7.13. The molecule has 1 heterocycles. The van der Waals surface area contributed by atoms with Crippen LogP contribution in [0.3, 0.4) is 0 Å². The topological polar surface area (TPSA) is 66.6 Å². The van der Waals surface area contributed by atoms with Gasteiger partial charge in [0.25, 0.3) is 0 Å². The first-order chi connectivity index (χ1) is 9.13. The molecule has 1 aromatic carbocycles. The summed E-state index contributed by atoms with van der Waals surface area (Å²) in [6.45, 7) is 3.51. The van der Waals surface area contributed by atoms with Gasteiger partial charge in [-0.1, -0.05) is 18.7 Å². The molecular weight excluding hydrogens is 278 g/mol. The zero-order valence-corrected chi connectivity index (χ0v) is 12.1. The van der Waals surface area contributed by atoms with E-state index in [4.69, 9.17) is 5.26 Å². The number of aryl methyl sites for hydroxylation is 1. The van der Waals surface area contributed by atoms with Crippen LogP contribution >= 0.6 is 23.3 Å². The lowest BCUT2D eigenvalue weighted by Gasteiger charge is -2.04. The van der Waals surface area contributed by atoms with Gasteiger partial charge in [-0.15, -0.1) is 0 Å². The Labute approximate surface area is 119 Å². The predicted octanol–water partition coefficient (Wildman–Crippen LogP) is 3.33. The number of benzene rings is 1. The van der Waals surface area contributed by atoms with Crippen molar-refractivity contribution >= 4 is 29.1 Å². The van der Waals surface area contributed by atoms with Crippen molar-refractivity contribution in [2.45, 2.75) is 29.5 Å². The maximum atomic E-state index is 11.6. The summed E-state index contributed by atoms with van der Waals surface area (Å²) in [7, 11) is 0. The summed E-state index contributed by atoms with van der Waals surface area (Å²) < 4.78 is 4.99. The van der Waals surface area contributed by atoms with Crippen LogP contribution in [0.5, 0.6) is 0 Å². The molecular formula is C13H11N3OS2. The van der Waals surface area contributed by atoms with Crippen LogP contribution in [-0.2, 0) is 6.42 Å². The molecule has 19 heavy (non-hydrogen) atoms. The molecule has 2 aromatic rings. The number of carbonyl (C=O) groups is 1. The molecule has 0 aliphatic heterocycles. The van der Waals surface area contributed by atoms with Gasteiger partial charge in [0, 0.05) is 16.9 Å². The van der Waals surface area contributed by atoms with Crippen molar-refractivity contribution in [1.82, 2.24) is 9.36 Å². The molecule has 2 rings (SSSR count). The molecule has 0 saturated heterocycles. The lowest BCUT2D eigenvalue weighted by molar-refractivity contribution is 0.101. The van der Waals surface area contributed by atoms with E-state index >= 15 is 0 Å². The number of hydrogen-bond donors (Lipinski definition) is 0. The highest BCUT2D eigenvalue weighted by Crippen LogP contribution is 2.32. The van der Waals surface area contributed by atoms with Crippen LogP contribution in [0.4, 0.5) is 0 Å². The highest BCUT2D eigenvalue weighted by atomic mass is 32.2. The van der Waals surface area contributed by atoms with E-state index in [-0.39, 0.29) is 5.78 Å². The number of Topliss-reactive ketones (excluding diaryl/α,β-unsaturated/α-hetero) is 1. The second kappa shape index (κ2) is 5.95. The summed E-state index contributed by atoms with van der Waals surface area (Å²) in [4.78, 5) is 16.7. The molecule has 0 radical (unpaired) electrons. The van der Waals surface area contributed by atoms with E-state index in [1.54, 1.807) is 18.2 Å². The van der Waals surface area contributed by atoms with Crippen LogP contribution in [0.2, 0.25) is 0 Å². The Bertz CT molecular complexity index is 658. The number of carbonyl (C=O) groups excluding carboxylic acids is 1. The Balaban J connectivity index is 2.37. The van der Waals surface area contributed by atoms with Gasteiger partial charge in [0.05, 0.1) is 11.6 Å². The first-order valence-electron chi connectivity index (χ1n) is 5.69. The summed E-state index contributed by atoms with van der Waals surface area (Å²) >= 11 is 2.69. The maximum Gasteiger partial charge on any atom is 0.174 e. The minimum Gasteiger partial charge on any atom is -0.294 e. The minimum atomic E-state index is -0.0211.